The molecule has 0 aliphatic heterocycles. The molecule has 19 heavy (non-hydrogen) atoms. The van der Waals surface area contributed by atoms with Crippen molar-refractivity contribution in [3.63, 3.8) is 0 Å². The fraction of sp³-hybridized carbons (Fsp3) is 0.636. The van der Waals surface area contributed by atoms with Gasteiger partial charge in [0.25, 0.3) is 5.56 Å². The smallest absolute Gasteiger partial charge is 0.300 e. The Labute approximate surface area is 111 Å². The molecular formula is C11H19N3O4S. The summed E-state index contributed by atoms with van der Waals surface area (Å²) in [6.07, 6.45) is 0. The van der Waals surface area contributed by atoms with Gasteiger partial charge in [-0.15, -0.1) is 0 Å². The van der Waals surface area contributed by atoms with Crippen LogP contribution in [-0.2, 0) is 24.1 Å². The van der Waals surface area contributed by atoms with Crippen molar-refractivity contribution in [2.75, 3.05) is 6.54 Å². The molecule has 8 heteroatoms. The lowest BCUT2D eigenvalue weighted by atomic mass is 10.2. The third-order valence-corrected chi connectivity index (χ3v) is 4.41. The molecule has 1 aromatic heterocycles. The zero-order chi connectivity index (χ0) is 15.0. The summed E-state index contributed by atoms with van der Waals surface area (Å²) in [6, 6.07) is 0. The maximum Gasteiger partial charge on any atom is 0.330 e. The Hall–Kier alpha value is -1.41. The van der Waals surface area contributed by atoms with E-state index < -0.39 is 21.3 Å². The first-order chi connectivity index (χ1) is 8.59. The third kappa shape index (κ3) is 2.95. The van der Waals surface area contributed by atoms with Gasteiger partial charge in [-0.3, -0.25) is 13.9 Å². The molecule has 0 fully saturated rings. The van der Waals surface area contributed by atoms with Gasteiger partial charge in [0.2, 0.25) is 10.0 Å². The second-order valence-electron chi connectivity index (χ2n) is 4.87. The molecule has 1 N–H and O–H groups in total. The minimum absolute atomic E-state index is 0.117. The van der Waals surface area contributed by atoms with E-state index >= 15 is 0 Å². The van der Waals surface area contributed by atoms with E-state index in [2.05, 4.69) is 4.72 Å². The van der Waals surface area contributed by atoms with Crippen molar-refractivity contribution in [1.82, 2.24) is 13.9 Å². The van der Waals surface area contributed by atoms with Crippen LogP contribution in [0.1, 0.15) is 19.5 Å². The van der Waals surface area contributed by atoms with Crippen molar-refractivity contribution in [3.8, 4) is 0 Å². The van der Waals surface area contributed by atoms with Crippen LogP contribution in [-0.4, -0.2) is 24.1 Å². The quantitative estimate of drug-likeness (QED) is 0.795. The second kappa shape index (κ2) is 5.30. The zero-order valence-corrected chi connectivity index (χ0v) is 12.5. The Morgan fingerprint density at radius 1 is 1.16 bits per heavy atom. The maximum atomic E-state index is 12.2. The lowest BCUT2D eigenvalue weighted by molar-refractivity contribution is 0.549. The van der Waals surface area contributed by atoms with E-state index in [1.165, 1.54) is 21.0 Å². The number of nitrogens with zero attached hydrogens (tertiary/aromatic N) is 2. The highest BCUT2D eigenvalue weighted by Gasteiger charge is 2.24. The van der Waals surface area contributed by atoms with Gasteiger partial charge in [0.1, 0.15) is 0 Å². The Kier molecular flexibility index (Phi) is 4.36. The van der Waals surface area contributed by atoms with Crippen LogP contribution in [0.2, 0.25) is 0 Å². The molecule has 0 atom stereocenters. The highest BCUT2D eigenvalue weighted by atomic mass is 32.2. The SMILES string of the molecule is Cc1c(S(=O)(=O)NCC(C)C)c(=O)n(C)c(=O)n1C. The highest BCUT2D eigenvalue weighted by Crippen LogP contribution is 2.07. The zero-order valence-electron chi connectivity index (χ0n) is 11.7. The van der Waals surface area contributed by atoms with Crippen LogP contribution >= 0.6 is 0 Å². The van der Waals surface area contributed by atoms with Crippen LogP contribution < -0.4 is 16.0 Å². The Morgan fingerprint density at radius 2 is 1.68 bits per heavy atom. The summed E-state index contributed by atoms with van der Waals surface area (Å²) in [5.74, 6) is 0.117. The first kappa shape index (κ1) is 15.6. The van der Waals surface area contributed by atoms with Crippen LogP contribution in [0.5, 0.6) is 0 Å². The monoisotopic (exact) mass is 289 g/mol. The van der Waals surface area contributed by atoms with Crippen molar-refractivity contribution < 1.29 is 8.42 Å². The van der Waals surface area contributed by atoms with Crippen LogP contribution in [0.3, 0.4) is 0 Å². The minimum atomic E-state index is -3.92. The lowest BCUT2D eigenvalue weighted by Gasteiger charge is -2.13. The molecule has 0 bridgehead atoms. The van der Waals surface area contributed by atoms with Gasteiger partial charge in [0.15, 0.2) is 4.90 Å². The van der Waals surface area contributed by atoms with E-state index in [1.54, 1.807) is 0 Å². The van der Waals surface area contributed by atoms with Gasteiger partial charge in [-0.25, -0.2) is 17.9 Å². The van der Waals surface area contributed by atoms with Gasteiger partial charge in [-0.05, 0) is 12.8 Å². The molecule has 0 radical (unpaired) electrons. The summed E-state index contributed by atoms with van der Waals surface area (Å²) in [5, 5.41) is 0. The number of aromatic nitrogens is 2. The van der Waals surface area contributed by atoms with Gasteiger partial charge in [-0.2, -0.15) is 0 Å². The Morgan fingerprint density at radius 3 is 2.16 bits per heavy atom. The number of hydrogen-bond acceptors (Lipinski definition) is 4. The summed E-state index contributed by atoms with van der Waals surface area (Å²) >= 11 is 0. The molecule has 0 saturated heterocycles. The molecule has 0 unspecified atom stereocenters. The number of nitrogens with one attached hydrogen (secondary N) is 1. The molecule has 0 saturated carbocycles. The summed E-state index contributed by atoms with van der Waals surface area (Å²) in [6.45, 7) is 5.38. The fourth-order valence-corrected chi connectivity index (χ4v) is 3.16. The van der Waals surface area contributed by atoms with Crippen LogP contribution in [0, 0.1) is 12.8 Å². The van der Waals surface area contributed by atoms with Crippen molar-refractivity contribution in [2.45, 2.75) is 25.7 Å². The van der Waals surface area contributed by atoms with Crippen molar-refractivity contribution in [2.24, 2.45) is 20.0 Å². The minimum Gasteiger partial charge on any atom is -0.300 e. The largest absolute Gasteiger partial charge is 0.330 e. The molecule has 0 aromatic carbocycles. The van der Waals surface area contributed by atoms with Crippen molar-refractivity contribution in [1.29, 1.82) is 0 Å². The average molecular weight is 289 g/mol. The molecule has 1 rings (SSSR count). The normalized spacial score (nSPS) is 12.1. The van der Waals surface area contributed by atoms with E-state index in [1.807, 2.05) is 13.8 Å². The van der Waals surface area contributed by atoms with Crippen LogP contribution in [0.4, 0.5) is 0 Å². The summed E-state index contributed by atoms with van der Waals surface area (Å²) in [4.78, 5) is 23.3. The average Bonchev–Trinajstić information content (AvgIpc) is 2.31. The first-order valence-electron chi connectivity index (χ1n) is 5.86. The molecule has 108 valence electrons. The summed E-state index contributed by atoms with van der Waals surface area (Å²) in [7, 11) is -1.24. The highest BCUT2D eigenvalue weighted by molar-refractivity contribution is 7.89. The molecule has 1 aromatic rings. The van der Waals surface area contributed by atoms with Gasteiger partial charge < -0.3 is 0 Å². The summed E-state index contributed by atoms with van der Waals surface area (Å²) < 4.78 is 28.6. The molecule has 1 heterocycles. The van der Waals surface area contributed by atoms with Crippen molar-refractivity contribution in [3.05, 3.63) is 26.5 Å². The van der Waals surface area contributed by atoms with E-state index in [4.69, 9.17) is 0 Å². The predicted molar refractivity (Wildman–Crippen MR) is 71.7 cm³/mol. The Bertz CT molecular complexity index is 698. The van der Waals surface area contributed by atoms with Gasteiger partial charge in [-0.1, -0.05) is 13.8 Å². The van der Waals surface area contributed by atoms with Crippen LogP contribution in [0.25, 0.3) is 0 Å². The van der Waals surface area contributed by atoms with E-state index in [0.717, 1.165) is 9.13 Å². The number of sulfonamides is 1. The topological polar surface area (TPSA) is 90.2 Å². The lowest BCUT2D eigenvalue weighted by Crippen LogP contribution is -2.43. The van der Waals surface area contributed by atoms with Crippen molar-refractivity contribution >= 4 is 10.0 Å². The Balaban J connectivity index is 3.53. The number of hydrogen-bond donors (Lipinski definition) is 1. The first-order valence-corrected chi connectivity index (χ1v) is 7.34. The maximum absolute atomic E-state index is 12.2. The summed E-state index contributed by atoms with van der Waals surface area (Å²) in [5.41, 5.74) is -1.23. The van der Waals surface area contributed by atoms with Gasteiger partial charge in [0.05, 0.1) is 0 Å². The van der Waals surface area contributed by atoms with E-state index in [0.29, 0.717) is 0 Å². The van der Waals surface area contributed by atoms with Crippen LogP contribution in [0.15, 0.2) is 14.5 Å². The molecule has 0 aliphatic carbocycles. The predicted octanol–water partition coefficient (Wildman–Crippen LogP) is -0.673. The molecule has 0 spiro atoms. The van der Waals surface area contributed by atoms with E-state index in [-0.39, 0.29) is 23.1 Å². The van der Waals surface area contributed by atoms with E-state index in [9.17, 15) is 18.0 Å². The molecule has 0 amide bonds. The third-order valence-electron chi connectivity index (χ3n) is 2.85. The van der Waals surface area contributed by atoms with Gasteiger partial charge in [0, 0.05) is 26.3 Å². The molecule has 0 aliphatic rings. The molecular weight excluding hydrogens is 270 g/mol. The molecule has 7 nitrogen and oxygen atoms in total. The number of rotatable bonds is 4. The standard InChI is InChI=1S/C11H19N3O4S/c1-7(2)6-12-19(17,18)9-8(3)13(4)11(16)14(5)10(9)15/h7,12H,6H2,1-5H3. The fourth-order valence-electron chi connectivity index (χ4n) is 1.57. The van der Waals surface area contributed by atoms with Gasteiger partial charge >= 0.3 is 5.69 Å². The second-order valence-corrected chi connectivity index (χ2v) is 6.57.